The van der Waals surface area contributed by atoms with Crippen LogP contribution < -0.4 is 0 Å². The maximum atomic E-state index is 12.6. The van der Waals surface area contributed by atoms with E-state index in [9.17, 15) is 24.6 Å². The van der Waals surface area contributed by atoms with E-state index in [-0.39, 0.29) is 29.5 Å². The highest BCUT2D eigenvalue weighted by atomic mass is 32.1. The summed E-state index contributed by atoms with van der Waals surface area (Å²) in [5.41, 5.74) is 3.72. The molecule has 156 valence electrons. The van der Waals surface area contributed by atoms with Gasteiger partial charge in [0.2, 0.25) is 5.91 Å². The average Bonchev–Trinajstić information content (AvgIpc) is 3.42. The van der Waals surface area contributed by atoms with Gasteiger partial charge in [0.1, 0.15) is 11.4 Å². The molecule has 0 aromatic carbocycles. The SMILES string of the molecule is C[C@@H](O)[C@H]1C(=O)N2C(C(=O)O)=C(c3cc4c(s3)CN(C(=O)c3cscn3)C4)[C@H](C)[C@H]12. The van der Waals surface area contributed by atoms with E-state index in [4.69, 9.17) is 0 Å². The Morgan fingerprint density at radius 1 is 1.33 bits per heavy atom. The molecule has 2 aromatic rings. The number of carboxylic acid groups (broad SMARTS) is 1. The number of hydrogen-bond acceptors (Lipinski definition) is 7. The number of carbonyl (C=O) groups excluding carboxylic acids is 2. The van der Waals surface area contributed by atoms with E-state index in [0.29, 0.717) is 24.4 Å². The fraction of sp³-hybridized carbons (Fsp3) is 0.400. The van der Waals surface area contributed by atoms with Gasteiger partial charge in [0.25, 0.3) is 5.91 Å². The molecule has 0 radical (unpaired) electrons. The first kappa shape index (κ1) is 19.4. The summed E-state index contributed by atoms with van der Waals surface area (Å²) >= 11 is 2.85. The maximum Gasteiger partial charge on any atom is 0.352 e. The Bertz CT molecular complexity index is 1080. The summed E-state index contributed by atoms with van der Waals surface area (Å²) in [4.78, 5) is 46.1. The molecule has 2 N–H and O–H groups in total. The minimum absolute atomic E-state index is 0.0183. The number of carboxylic acids is 1. The van der Waals surface area contributed by atoms with Crippen molar-refractivity contribution in [2.75, 3.05) is 0 Å². The second kappa shape index (κ2) is 6.73. The largest absolute Gasteiger partial charge is 0.477 e. The average molecular weight is 446 g/mol. The minimum atomic E-state index is -1.13. The fourth-order valence-electron chi connectivity index (χ4n) is 4.82. The highest BCUT2D eigenvalue weighted by molar-refractivity contribution is 7.13. The van der Waals surface area contributed by atoms with Crippen LogP contribution >= 0.6 is 22.7 Å². The van der Waals surface area contributed by atoms with Gasteiger partial charge in [0, 0.05) is 33.2 Å². The molecule has 8 nitrogen and oxygen atoms in total. The number of amides is 2. The molecule has 4 atom stereocenters. The zero-order valence-electron chi connectivity index (χ0n) is 16.2. The smallest absolute Gasteiger partial charge is 0.352 e. The summed E-state index contributed by atoms with van der Waals surface area (Å²) in [5, 5.41) is 21.5. The summed E-state index contributed by atoms with van der Waals surface area (Å²) in [6.07, 6.45) is -0.825. The van der Waals surface area contributed by atoms with Crippen LogP contribution in [-0.4, -0.2) is 54.9 Å². The zero-order chi connectivity index (χ0) is 21.3. The lowest BCUT2D eigenvalue weighted by atomic mass is 9.77. The lowest BCUT2D eigenvalue weighted by Crippen LogP contribution is -2.63. The maximum absolute atomic E-state index is 12.6. The molecular weight excluding hydrogens is 426 g/mol. The first-order valence-electron chi connectivity index (χ1n) is 9.57. The minimum Gasteiger partial charge on any atom is -0.477 e. The fourth-order valence-corrected chi connectivity index (χ4v) is 6.68. The van der Waals surface area contributed by atoms with E-state index in [1.54, 1.807) is 22.7 Å². The number of aliphatic hydroxyl groups is 1. The van der Waals surface area contributed by atoms with Crippen molar-refractivity contribution in [1.29, 1.82) is 0 Å². The first-order chi connectivity index (χ1) is 14.3. The van der Waals surface area contributed by atoms with Gasteiger partial charge in [-0.2, -0.15) is 0 Å². The van der Waals surface area contributed by atoms with Gasteiger partial charge in [0.05, 0.1) is 30.1 Å². The molecule has 3 aliphatic rings. The third-order valence-electron chi connectivity index (χ3n) is 6.17. The molecule has 1 fully saturated rings. The van der Waals surface area contributed by atoms with Gasteiger partial charge in [-0.25, -0.2) is 9.78 Å². The van der Waals surface area contributed by atoms with Crippen LogP contribution in [-0.2, 0) is 22.7 Å². The van der Waals surface area contributed by atoms with Crippen molar-refractivity contribution in [3.05, 3.63) is 43.7 Å². The molecule has 0 saturated carbocycles. The lowest BCUT2D eigenvalue weighted by Gasteiger charge is -2.46. The molecule has 2 aromatic heterocycles. The van der Waals surface area contributed by atoms with E-state index >= 15 is 0 Å². The van der Waals surface area contributed by atoms with Gasteiger partial charge in [-0.15, -0.1) is 22.7 Å². The van der Waals surface area contributed by atoms with Gasteiger partial charge >= 0.3 is 5.97 Å². The van der Waals surface area contributed by atoms with Crippen LogP contribution in [0.5, 0.6) is 0 Å². The third-order valence-corrected chi connectivity index (χ3v) is 7.95. The number of thiophene rings is 1. The molecule has 0 bridgehead atoms. The van der Waals surface area contributed by atoms with Gasteiger partial charge in [-0.1, -0.05) is 6.92 Å². The topological polar surface area (TPSA) is 111 Å². The van der Waals surface area contributed by atoms with E-state index in [0.717, 1.165) is 15.3 Å². The predicted octanol–water partition coefficient (Wildman–Crippen LogP) is 2.01. The first-order valence-corrected chi connectivity index (χ1v) is 11.3. The Morgan fingerprint density at radius 2 is 2.10 bits per heavy atom. The number of thiazole rings is 1. The number of hydrogen-bond donors (Lipinski definition) is 2. The number of aromatic nitrogens is 1. The van der Waals surface area contributed by atoms with Gasteiger partial charge in [0.15, 0.2) is 0 Å². The number of aliphatic hydroxyl groups excluding tert-OH is 1. The highest BCUT2D eigenvalue weighted by Crippen LogP contribution is 2.52. The predicted molar refractivity (Wildman–Crippen MR) is 110 cm³/mol. The Morgan fingerprint density at radius 3 is 2.70 bits per heavy atom. The molecule has 0 spiro atoms. The van der Waals surface area contributed by atoms with Crippen molar-refractivity contribution < 1.29 is 24.6 Å². The van der Waals surface area contributed by atoms with Crippen molar-refractivity contribution >= 4 is 46.0 Å². The summed E-state index contributed by atoms with van der Waals surface area (Å²) in [5.74, 6) is -2.36. The molecule has 1 saturated heterocycles. The summed E-state index contributed by atoms with van der Waals surface area (Å²) in [7, 11) is 0. The number of β-lactam (4-membered cyclic amide) rings is 1. The second-order valence-electron chi connectivity index (χ2n) is 7.92. The summed E-state index contributed by atoms with van der Waals surface area (Å²) in [6.45, 7) is 4.39. The molecule has 0 aliphatic carbocycles. The van der Waals surface area contributed by atoms with Crippen LogP contribution in [0.4, 0.5) is 0 Å². The van der Waals surface area contributed by atoms with E-state index < -0.39 is 18.0 Å². The third kappa shape index (κ3) is 2.60. The van der Waals surface area contributed by atoms with Gasteiger partial charge in [-0.3, -0.25) is 9.59 Å². The van der Waals surface area contributed by atoms with Crippen LogP contribution in [0, 0.1) is 11.8 Å². The van der Waals surface area contributed by atoms with Crippen molar-refractivity contribution in [2.24, 2.45) is 11.8 Å². The van der Waals surface area contributed by atoms with E-state index in [2.05, 4.69) is 4.98 Å². The Hall–Kier alpha value is -2.56. The van der Waals surface area contributed by atoms with Gasteiger partial charge in [-0.05, 0) is 18.6 Å². The normalized spacial score (nSPS) is 26.0. The van der Waals surface area contributed by atoms with Crippen molar-refractivity contribution in [3.8, 4) is 0 Å². The molecule has 0 unspecified atom stereocenters. The quantitative estimate of drug-likeness (QED) is 0.697. The van der Waals surface area contributed by atoms with E-state index in [1.807, 2.05) is 13.0 Å². The molecule has 5 rings (SSSR count). The van der Waals surface area contributed by atoms with Crippen LogP contribution in [0.15, 0.2) is 22.7 Å². The number of fused-ring (bicyclic) bond motifs is 2. The van der Waals surface area contributed by atoms with Crippen LogP contribution in [0.2, 0.25) is 0 Å². The number of aliphatic carboxylic acids is 1. The second-order valence-corrected chi connectivity index (χ2v) is 9.77. The number of nitrogens with zero attached hydrogens (tertiary/aromatic N) is 3. The standard InChI is InChI=1S/C20H19N3O5S2/c1-8-14(17(20(27)28)23-16(8)15(9(2)24)19(23)26)12-3-10-4-22(5-13(10)30-12)18(25)11-6-29-7-21-11/h3,6-9,15-16,24H,4-5H2,1-2H3,(H,27,28)/t8-,9+,15+,16+/m0/s1. The van der Waals surface area contributed by atoms with Crippen molar-refractivity contribution in [3.63, 3.8) is 0 Å². The molecule has 3 aliphatic heterocycles. The molecule has 30 heavy (non-hydrogen) atoms. The van der Waals surface area contributed by atoms with Crippen molar-refractivity contribution in [2.45, 2.75) is 39.1 Å². The molecule has 2 amide bonds. The molecule has 10 heteroatoms. The number of carbonyl (C=O) groups is 3. The lowest BCUT2D eigenvalue weighted by molar-refractivity contribution is -0.163. The van der Waals surface area contributed by atoms with Crippen LogP contribution in [0.25, 0.3) is 5.57 Å². The Balaban J connectivity index is 1.45. The highest BCUT2D eigenvalue weighted by Gasteiger charge is 2.60. The van der Waals surface area contributed by atoms with Crippen molar-refractivity contribution in [1.82, 2.24) is 14.8 Å². The zero-order valence-corrected chi connectivity index (χ0v) is 17.9. The number of rotatable bonds is 4. The van der Waals surface area contributed by atoms with E-state index in [1.165, 1.54) is 27.6 Å². The monoisotopic (exact) mass is 445 g/mol. The molecular formula is C20H19N3O5S2. The summed E-state index contributed by atoms with van der Waals surface area (Å²) in [6, 6.07) is 1.61. The van der Waals surface area contributed by atoms with Crippen LogP contribution in [0.3, 0.4) is 0 Å². The summed E-state index contributed by atoms with van der Waals surface area (Å²) < 4.78 is 0. The van der Waals surface area contributed by atoms with Gasteiger partial charge < -0.3 is 20.0 Å². The van der Waals surface area contributed by atoms with Crippen LogP contribution in [0.1, 0.15) is 39.7 Å². The Kier molecular flexibility index (Phi) is 4.35. The molecule has 5 heterocycles. The Labute approximate surface area is 180 Å².